The predicted molar refractivity (Wildman–Crippen MR) is 74.2 cm³/mol. The number of rotatable bonds is 5. The topological polar surface area (TPSA) is 92.4 Å². The monoisotopic (exact) mass is 284 g/mol. The molecule has 106 valence electrons. The highest BCUT2D eigenvalue weighted by Crippen LogP contribution is 2.32. The van der Waals surface area contributed by atoms with E-state index in [1.54, 1.807) is 13.0 Å². The van der Waals surface area contributed by atoms with Crippen molar-refractivity contribution in [2.45, 2.75) is 37.7 Å². The fraction of sp³-hybridized carbons (Fsp3) is 0.538. The Kier molecular flexibility index (Phi) is 3.85. The molecule has 6 heteroatoms. The van der Waals surface area contributed by atoms with E-state index in [9.17, 15) is 13.5 Å². The summed E-state index contributed by atoms with van der Waals surface area (Å²) in [5, 5.41) is 9.73. The first-order chi connectivity index (χ1) is 8.81. The van der Waals surface area contributed by atoms with Crippen LogP contribution in [0.2, 0.25) is 0 Å². The molecule has 1 saturated carbocycles. The second-order valence-corrected chi connectivity index (χ2v) is 6.95. The lowest BCUT2D eigenvalue weighted by atomic mass is 10.1. The van der Waals surface area contributed by atoms with Crippen LogP contribution in [0.5, 0.6) is 0 Å². The second kappa shape index (κ2) is 5.11. The quantitative estimate of drug-likeness (QED) is 0.701. The highest BCUT2D eigenvalue weighted by molar-refractivity contribution is 7.89. The number of aliphatic hydroxyl groups is 1. The smallest absolute Gasteiger partial charge is 0.241 e. The molecule has 1 aliphatic rings. The van der Waals surface area contributed by atoms with Crippen molar-refractivity contribution in [1.82, 2.24) is 4.72 Å². The fourth-order valence-electron chi connectivity index (χ4n) is 2.05. The largest absolute Gasteiger partial charge is 0.399 e. The van der Waals surface area contributed by atoms with E-state index in [-0.39, 0.29) is 17.4 Å². The van der Waals surface area contributed by atoms with Gasteiger partial charge in [-0.05, 0) is 55.9 Å². The maximum atomic E-state index is 12.2. The van der Waals surface area contributed by atoms with Gasteiger partial charge in [-0.1, -0.05) is 0 Å². The Morgan fingerprint density at radius 3 is 2.63 bits per heavy atom. The Bertz CT molecular complexity index is 580. The third-order valence-corrected chi connectivity index (χ3v) is 5.13. The van der Waals surface area contributed by atoms with Crippen molar-refractivity contribution in [3.05, 3.63) is 23.3 Å². The summed E-state index contributed by atoms with van der Waals surface area (Å²) in [6, 6.07) is 3.20. The summed E-state index contributed by atoms with van der Waals surface area (Å²) in [4.78, 5) is 0.188. The van der Waals surface area contributed by atoms with Crippen LogP contribution in [0.1, 0.15) is 24.0 Å². The maximum Gasteiger partial charge on any atom is 0.241 e. The summed E-state index contributed by atoms with van der Waals surface area (Å²) in [6.45, 7) is 3.63. The summed E-state index contributed by atoms with van der Waals surface area (Å²) in [5.74, 6) is 0.242. The van der Waals surface area contributed by atoms with Crippen molar-refractivity contribution in [3.8, 4) is 0 Å². The number of hydrogen-bond acceptors (Lipinski definition) is 4. The van der Waals surface area contributed by atoms with Gasteiger partial charge < -0.3 is 10.8 Å². The van der Waals surface area contributed by atoms with Crippen LogP contribution in [-0.2, 0) is 10.0 Å². The van der Waals surface area contributed by atoms with E-state index in [1.165, 1.54) is 6.07 Å². The Morgan fingerprint density at radius 1 is 1.42 bits per heavy atom. The van der Waals surface area contributed by atoms with Crippen molar-refractivity contribution < 1.29 is 13.5 Å². The van der Waals surface area contributed by atoms with Crippen LogP contribution in [0.3, 0.4) is 0 Å². The summed E-state index contributed by atoms with van der Waals surface area (Å²) in [6.07, 6.45) is 1.34. The fourth-order valence-corrected chi connectivity index (χ4v) is 3.45. The van der Waals surface area contributed by atoms with Gasteiger partial charge in [0.15, 0.2) is 0 Å². The lowest BCUT2D eigenvalue weighted by molar-refractivity contribution is 0.155. The Hall–Kier alpha value is -1.11. The third-order valence-electron chi connectivity index (χ3n) is 3.58. The molecule has 1 aromatic carbocycles. The van der Waals surface area contributed by atoms with Crippen LogP contribution in [0, 0.1) is 19.8 Å². The Morgan fingerprint density at radius 2 is 2.05 bits per heavy atom. The van der Waals surface area contributed by atoms with Crippen molar-refractivity contribution in [2.24, 2.45) is 5.92 Å². The van der Waals surface area contributed by atoms with E-state index in [2.05, 4.69) is 4.72 Å². The highest BCUT2D eigenvalue weighted by atomic mass is 32.2. The first-order valence-electron chi connectivity index (χ1n) is 6.35. The molecule has 1 atom stereocenters. The number of nitrogens with two attached hydrogens (primary N) is 1. The average Bonchev–Trinajstić information content (AvgIpc) is 3.14. The molecule has 2 rings (SSSR count). The van der Waals surface area contributed by atoms with E-state index in [0.29, 0.717) is 11.3 Å². The van der Waals surface area contributed by atoms with Gasteiger partial charge in [0.25, 0.3) is 0 Å². The molecule has 1 fully saturated rings. The zero-order valence-electron chi connectivity index (χ0n) is 11.2. The van der Waals surface area contributed by atoms with Gasteiger partial charge in [-0.25, -0.2) is 13.1 Å². The van der Waals surface area contributed by atoms with Gasteiger partial charge in [-0.2, -0.15) is 0 Å². The zero-order chi connectivity index (χ0) is 14.2. The zero-order valence-corrected chi connectivity index (χ0v) is 12.0. The number of anilines is 1. The van der Waals surface area contributed by atoms with E-state index in [0.717, 1.165) is 18.4 Å². The van der Waals surface area contributed by atoms with E-state index < -0.39 is 16.1 Å². The van der Waals surface area contributed by atoms with Gasteiger partial charge >= 0.3 is 0 Å². The van der Waals surface area contributed by atoms with Crippen LogP contribution >= 0.6 is 0 Å². The van der Waals surface area contributed by atoms with Gasteiger partial charge in [0.2, 0.25) is 10.0 Å². The molecule has 1 unspecified atom stereocenters. The summed E-state index contributed by atoms with van der Waals surface area (Å²) in [5.41, 5.74) is 7.64. The number of aryl methyl sites for hydroxylation is 1. The van der Waals surface area contributed by atoms with Crippen LogP contribution in [0.15, 0.2) is 17.0 Å². The number of nitrogen functional groups attached to an aromatic ring is 1. The Labute approximate surface area is 113 Å². The molecule has 0 aromatic heterocycles. The number of aliphatic hydroxyl groups excluding tert-OH is 1. The molecule has 4 N–H and O–H groups in total. The second-order valence-electron chi connectivity index (χ2n) is 5.22. The molecular weight excluding hydrogens is 264 g/mol. The van der Waals surface area contributed by atoms with Crippen molar-refractivity contribution in [2.75, 3.05) is 12.3 Å². The SMILES string of the molecule is Cc1cc(N)cc(S(=O)(=O)NCC(O)C2CC2)c1C. The average molecular weight is 284 g/mol. The van der Waals surface area contributed by atoms with Crippen LogP contribution in [0.4, 0.5) is 5.69 Å². The van der Waals surface area contributed by atoms with E-state index >= 15 is 0 Å². The molecule has 0 bridgehead atoms. The molecular formula is C13H20N2O3S. The van der Waals surface area contributed by atoms with E-state index in [4.69, 9.17) is 5.73 Å². The number of sulfonamides is 1. The first kappa shape index (κ1) is 14.3. The molecule has 1 aliphatic carbocycles. The molecule has 19 heavy (non-hydrogen) atoms. The normalized spacial score (nSPS) is 17.4. The molecule has 0 amide bonds. The third kappa shape index (κ3) is 3.26. The summed E-state index contributed by atoms with van der Waals surface area (Å²) >= 11 is 0. The summed E-state index contributed by atoms with van der Waals surface area (Å²) < 4.78 is 26.9. The van der Waals surface area contributed by atoms with Crippen molar-refractivity contribution in [3.63, 3.8) is 0 Å². The molecule has 0 saturated heterocycles. The van der Waals surface area contributed by atoms with Gasteiger partial charge in [0, 0.05) is 12.2 Å². The minimum Gasteiger partial charge on any atom is -0.399 e. The van der Waals surface area contributed by atoms with Gasteiger partial charge in [-0.15, -0.1) is 0 Å². The lowest BCUT2D eigenvalue weighted by Crippen LogP contribution is -2.33. The molecule has 0 radical (unpaired) electrons. The van der Waals surface area contributed by atoms with Gasteiger partial charge in [-0.3, -0.25) is 0 Å². The molecule has 1 aromatic rings. The van der Waals surface area contributed by atoms with Gasteiger partial charge in [0.05, 0.1) is 11.0 Å². The lowest BCUT2D eigenvalue weighted by Gasteiger charge is -2.14. The van der Waals surface area contributed by atoms with Crippen molar-refractivity contribution >= 4 is 15.7 Å². The molecule has 0 aliphatic heterocycles. The van der Waals surface area contributed by atoms with Crippen molar-refractivity contribution in [1.29, 1.82) is 0 Å². The molecule has 5 nitrogen and oxygen atoms in total. The predicted octanol–water partition coefficient (Wildman–Crippen LogP) is 0.935. The minimum absolute atomic E-state index is 0.0558. The standard InChI is InChI=1S/C13H20N2O3S/c1-8-5-11(14)6-13(9(8)2)19(17,18)15-7-12(16)10-3-4-10/h5-6,10,12,15-16H,3-4,7,14H2,1-2H3. The number of benzene rings is 1. The number of nitrogens with one attached hydrogen (secondary N) is 1. The number of hydrogen-bond donors (Lipinski definition) is 3. The van der Waals surface area contributed by atoms with Crippen LogP contribution in [-0.4, -0.2) is 26.2 Å². The van der Waals surface area contributed by atoms with Crippen LogP contribution < -0.4 is 10.5 Å². The van der Waals surface area contributed by atoms with E-state index in [1.807, 2.05) is 6.92 Å². The van der Waals surface area contributed by atoms with Gasteiger partial charge in [0.1, 0.15) is 0 Å². The maximum absolute atomic E-state index is 12.2. The molecule has 0 spiro atoms. The summed E-state index contributed by atoms with van der Waals surface area (Å²) in [7, 11) is -3.63. The highest BCUT2D eigenvalue weighted by Gasteiger charge is 2.30. The first-order valence-corrected chi connectivity index (χ1v) is 7.84. The Balaban J connectivity index is 2.19. The molecule has 0 heterocycles. The van der Waals surface area contributed by atoms with Crippen LogP contribution in [0.25, 0.3) is 0 Å². The minimum atomic E-state index is -3.63.